The number of nitrogens with zero attached hydrogens (tertiary/aromatic N) is 1. The Kier molecular flexibility index (Phi) is 4.67. The average molecular weight is 291 g/mol. The fraction of sp³-hybridized carbons (Fsp3) is 0.923. The van der Waals surface area contributed by atoms with Gasteiger partial charge in [-0.15, -0.1) is 0 Å². The van der Waals surface area contributed by atoms with E-state index in [4.69, 9.17) is 0 Å². The number of carboxylic acid groups (broad SMARTS) is 1. The number of piperidine rings is 1. The second kappa shape index (κ2) is 5.40. The first kappa shape index (κ1) is 16.4. The molecule has 1 fully saturated rings. The molecular formula is C13H25NO4S. The van der Waals surface area contributed by atoms with Gasteiger partial charge in [0.1, 0.15) is 0 Å². The number of hydrogen-bond acceptors (Lipinski definition) is 3. The zero-order valence-corrected chi connectivity index (χ0v) is 13.1. The maximum Gasteiger partial charge on any atom is 0.310 e. The van der Waals surface area contributed by atoms with Crippen molar-refractivity contribution in [1.29, 1.82) is 0 Å². The van der Waals surface area contributed by atoms with Gasteiger partial charge in [-0.2, -0.15) is 0 Å². The van der Waals surface area contributed by atoms with Crippen LogP contribution in [0.1, 0.15) is 47.0 Å². The van der Waals surface area contributed by atoms with Crippen LogP contribution in [0.3, 0.4) is 0 Å². The van der Waals surface area contributed by atoms with Crippen LogP contribution in [-0.4, -0.2) is 42.6 Å². The third-order valence-electron chi connectivity index (χ3n) is 3.68. The Balaban J connectivity index is 2.94. The molecule has 1 atom stereocenters. The Morgan fingerprint density at radius 2 is 1.95 bits per heavy atom. The van der Waals surface area contributed by atoms with Gasteiger partial charge in [-0.25, -0.2) is 12.7 Å². The van der Waals surface area contributed by atoms with E-state index in [-0.39, 0.29) is 17.7 Å². The molecule has 19 heavy (non-hydrogen) atoms. The molecule has 0 bridgehead atoms. The molecule has 0 saturated carbocycles. The highest BCUT2D eigenvalue weighted by atomic mass is 32.2. The Morgan fingerprint density at radius 1 is 1.37 bits per heavy atom. The minimum atomic E-state index is -3.39. The van der Waals surface area contributed by atoms with Crippen LogP contribution in [0, 0.1) is 10.8 Å². The fourth-order valence-corrected chi connectivity index (χ4v) is 4.71. The Morgan fingerprint density at radius 3 is 2.37 bits per heavy atom. The summed E-state index contributed by atoms with van der Waals surface area (Å²) in [5.74, 6) is -0.829. The molecule has 1 saturated heterocycles. The molecule has 1 N–H and O–H groups in total. The lowest BCUT2D eigenvalue weighted by Crippen LogP contribution is -2.51. The molecule has 0 aliphatic carbocycles. The molecule has 0 aromatic carbocycles. The van der Waals surface area contributed by atoms with E-state index in [9.17, 15) is 18.3 Å². The molecule has 6 heteroatoms. The third kappa shape index (κ3) is 3.92. The first-order chi connectivity index (χ1) is 8.52. The van der Waals surface area contributed by atoms with E-state index < -0.39 is 21.4 Å². The molecule has 0 amide bonds. The van der Waals surface area contributed by atoms with Crippen LogP contribution in [0.25, 0.3) is 0 Å². The molecule has 1 heterocycles. The minimum absolute atomic E-state index is 0.0550. The topological polar surface area (TPSA) is 74.7 Å². The largest absolute Gasteiger partial charge is 0.481 e. The van der Waals surface area contributed by atoms with Gasteiger partial charge in [-0.3, -0.25) is 4.79 Å². The van der Waals surface area contributed by atoms with E-state index >= 15 is 0 Å². The van der Waals surface area contributed by atoms with Crippen LogP contribution in [0.4, 0.5) is 0 Å². The number of rotatable bonds is 4. The smallest absolute Gasteiger partial charge is 0.310 e. The Labute approximate surface area is 116 Å². The first-order valence-corrected chi connectivity index (χ1v) is 8.35. The number of hydrogen-bond donors (Lipinski definition) is 1. The lowest BCUT2D eigenvalue weighted by molar-refractivity contribution is -0.151. The van der Waals surface area contributed by atoms with Crippen LogP contribution in [0.2, 0.25) is 0 Å². The van der Waals surface area contributed by atoms with Crippen molar-refractivity contribution in [3.63, 3.8) is 0 Å². The molecule has 0 aromatic heterocycles. The zero-order chi connectivity index (χ0) is 14.9. The van der Waals surface area contributed by atoms with Gasteiger partial charge in [-0.1, -0.05) is 27.7 Å². The lowest BCUT2D eigenvalue weighted by Gasteiger charge is -2.39. The molecule has 112 valence electrons. The molecule has 0 aromatic rings. The van der Waals surface area contributed by atoms with Crippen LogP contribution in [-0.2, 0) is 14.8 Å². The quantitative estimate of drug-likeness (QED) is 0.859. The summed E-state index contributed by atoms with van der Waals surface area (Å²) in [7, 11) is -3.39. The highest BCUT2D eigenvalue weighted by Crippen LogP contribution is 2.35. The van der Waals surface area contributed by atoms with Crippen molar-refractivity contribution in [1.82, 2.24) is 4.31 Å². The van der Waals surface area contributed by atoms with Crippen molar-refractivity contribution in [3.05, 3.63) is 0 Å². The van der Waals surface area contributed by atoms with Crippen molar-refractivity contribution in [2.45, 2.75) is 47.0 Å². The number of carboxylic acids is 1. The van der Waals surface area contributed by atoms with Gasteiger partial charge >= 0.3 is 5.97 Å². The Hall–Kier alpha value is -0.620. The van der Waals surface area contributed by atoms with Crippen LogP contribution >= 0.6 is 0 Å². The van der Waals surface area contributed by atoms with Crippen molar-refractivity contribution in [3.8, 4) is 0 Å². The van der Waals surface area contributed by atoms with Crippen LogP contribution in [0.15, 0.2) is 0 Å². The van der Waals surface area contributed by atoms with Gasteiger partial charge in [0.25, 0.3) is 0 Å². The predicted molar refractivity (Wildman–Crippen MR) is 74.4 cm³/mol. The average Bonchev–Trinajstić information content (AvgIpc) is 2.25. The molecule has 0 spiro atoms. The van der Waals surface area contributed by atoms with E-state index in [0.717, 1.165) is 0 Å². The van der Waals surface area contributed by atoms with E-state index in [1.54, 1.807) is 0 Å². The van der Waals surface area contributed by atoms with Gasteiger partial charge < -0.3 is 5.11 Å². The highest BCUT2D eigenvalue weighted by molar-refractivity contribution is 7.89. The summed E-state index contributed by atoms with van der Waals surface area (Å²) < 4.78 is 26.1. The van der Waals surface area contributed by atoms with E-state index in [1.807, 2.05) is 27.7 Å². The van der Waals surface area contributed by atoms with Crippen molar-refractivity contribution in [2.75, 3.05) is 18.8 Å². The van der Waals surface area contributed by atoms with Crippen molar-refractivity contribution in [2.24, 2.45) is 10.8 Å². The fourth-order valence-electron chi connectivity index (χ4n) is 2.58. The first-order valence-electron chi connectivity index (χ1n) is 6.74. The maximum absolute atomic E-state index is 12.4. The Bertz CT molecular complexity index is 438. The maximum atomic E-state index is 12.4. The summed E-state index contributed by atoms with van der Waals surface area (Å²) in [5, 5.41) is 9.38. The number of sulfonamides is 1. The number of aliphatic carboxylic acids is 1. The molecule has 1 rings (SSSR count). The summed E-state index contributed by atoms with van der Waals surface area (Å²) in [6.45, 7) is 7.98. The summed E-state index contributed by atoms with van der Waals surface area (Å²) in [5.41, 5.74) is -1.24. The zero-order valence-electron chi connectivity index (χ0n) is 12.3. The molecule has 1 unspecified atom stereocenters. The number of carbonyl (C=O) groups is 1. The second-order valence-corrected chi connectivity index (χ2v) is 8.66. The molecular weight excluding hydrogens is 266 g/mol. The van der Waals surface area contributed by atoms with Gasteiger partial charge in [0.15, 0.2) is 0 Å². The molecule has 1 aliphatic heterocycles. The second-order valence-electron chi connectivity index (χ2n) is 6.69. The monoisotopic (exact) mass is 291 g/mol. The lowest BCUT2D eigenvalue weighted by atomic mass is 9.78. The third-order valence-corrected chi connectivity index (χ3v) is 6.01. The summed E-state index contributed by atoms with van der Waals surface area (Å²) in [4.78, 5) is 11.4. The normalized spacial score (nSPS) is 26.3. The molecule has 1 aliphatic rings. The van der Waals surface area contributed by atoms with Gasteiger partial charge in [0.05, 0.1) is 11.2 Å². The van der Waals surface area contributed by atoms with Crippen LogP contribution < -0.4 is 0 Å². The highest BCUT2D eigenvalue weighted by Gasteiger charge is 2.44. The summed E-state index contributed by atoms with van der Waals surface area (Å²) in [6, 6.07) is 0. The summed E-state index contributed by atoms with van der Waals surface area (Å²) >= 11 is 0. The SMILES string of the molecule is CCC1(C(=O)O)CCCN(S(=O)(=O)CC(C)(C)C)C1. The van der Waals surface area contributed by atoms with E-state index in [1.165, 1.54) is 4.31 Å². The summed E-state index contributed by atoms with van der Waals surface area (Å²) in [6.07, 6.45) is 1.63. The van der Waals surface area contributed by atoms with Crippen molar-refractivity contribution < 1.29 is 18.3 Å². The molecule has 0 radical (unpaired) electrons. The minimum Gasteiger partial charge on any atom is -0.481 e. The van der Waals surface area contributed by atoms with Gasteiger partial charge in [0, 0.05) is 13.1 Å². The van der Waals surface area contributed by atoms with E-state index in [0.29, 0.717) is 25.8 Å². The van der Waals surface area contributed by atoms with Crippen molar-refractivity contribution >= 4 is 16.0 Å². The van der Waals surface area contributed by atoms with E-state index in [2.05, 4.69) is 0 Å². The van der Waals surface area contributed by atoms with Gasteiger partial charge in [-0.05, 0) is 24.7 Å². The van der Waals surface area contributed by atoms with Gasteiger partial charge in [0.2, 0.25) is 10.0 Å². The standard InChI is InChI=1S/C13H25NO4S/c1-5-13(11(15)16)7-6-8-14(9-13)19(17,18)10-12(2,3)4/h5-10H2,1-4H3,(H,15,16). The van der Waals surface area contributed by atoms with Crippen LogP contribution in [0.5, 0.6) is 0 Å². The predicted octanol–water partition coefficient (Wildman–Crippen LogP) is 1.94. The molecule has 5 nitrogen and oxygen atoms in total.